The van der Waals surface area contributed by atoms with Crippen molar-refractivity contribution in [2.75, 3.05) is 19.6 Å². The molecule has 2 rings (SSSR count). The van der Waals surface area contributed by atoms with Crippen molar-refractivity contribution >= 4 is 23.6 Å². The van der Waals surface area contributed by atoms with Gasteiger partial charge in [0.2, 0.25) is 0 Å². The first-order chi connectivity index (χ1) is 9.58. The highest BCUT2D eigenvalue weighted by atomic mass is 35.5. The van der Waals surface area contributed by atoms with Gasteiger partial charge in [0.15, 0.2) is 5.75 Å². The summed E-state index contributed by atoms with van der Waals surface area (Å²) in [5.74, 6) is -0.00338. The summed E-state index contributed by atoms with van der Waals surface area (Å²) in [6.45, 7) is 5.44. The molecule has 0 saturated heterocycles. The van der Waals surface area contributed by atoms with Crippen LogP contribution in [0.25, 0.3) is 0 Å². The van der Waals surface area contributed by atoms with Gasteiger partial charge in [-0.1, -0.05) is 17.7 Å². The van der Waals surface area contributed by atoms with E-state index in [0.717, 1.165) is 12.0 Å². The summed E-state index contributed by atoms with van der Waals surface area (Å²) in [5, 5.41) is 2.93. The number of nitrogens with one attached hydrogen (secondary N) is 1. The zero-order valence-electron chi connectivity index (χ0n) is 11.5. The summed E-state index contributed by atoms with van der Waals surface area (Å²) in [6.07, 6.45) is 0.262. The van der Waals surface area contributed by atoms with Crippen LogP contribution in [0, 0.1) is 0 Å². The Morgan fingerprint density at radius 1 is 1.40 bits per heavy atom. The second-order valence-electron chi connectivity index (χ2n) is 4.46. The first kappa shape index (κ1) is 14.7. The molecule has 1 N–H and O–H groups in total. The van der Waals surface area contributed by atoms with Crippen LogP contribution in [-0.2, 0) is 6.42 Å². The lowest BCUT2D eigenvalue weighted by Crippen LogP contribution is -2.34. The molecule has 6 heteroatoms. The van der Waals surface area contributed by atoms with Crippen molar-refractivity contribution in [1.29, 1.82) is 0 Å². The topological polar surface area (TPSA) is 58.6 Å². The molecule has 2 amide bonds. The summed E-state index contributed by atoms with van der Waals surface area (Å²) in [6, 6.07) is 3.42. The van der Waals surface area contributed by atoms with Crippen LogP contribution in [0.2, 0.25) is 5.02 Å². The molecular formula is C14H17ClN2O3. The van der Waals surface area contributed by atoms with E-state index in [-0.39, 0.29) is 16.7 Å². The fraction of sp³-hybridized carbons (Fsp3) is 0.429. The lowest BCUT2D eigenvalue weighted by atomic mass is 10.00. The molecule has 0 unspecified atom stereocenters. The zero-order valence-corrected chi connectivity index (χ0v) is 12.3. The van der Waals surface area contributed by atoms with Gasteiger partial charge >= 0.3 is 6.09 Å². The van der Waals surface area contributed by atoms with Gasteiger partial charge in [-0.15, -0.1) is 0 Å². The monoisotopic (exact) mass is 296 g/mol. The average Bonchev–Trinajstić information content (AvgIpc) is 2.43. The number of benzene rings is 1. The summed E-state index contributed by atoms with van der Waals surface area (Å²) in [4.78, 5) is 25.3. The Hall–Kier alpha value is -1.75. The Morgan fingerprint density at radius 2 is 2.10 bits per heavy atom. The molecule has 1 aromatic rings. The number of rotatable bonds is 3. The van der Waals surface area contributed by atoms with Gasteiger partial charge in [-0.3, -0.25) is 4.79 Å². The summed E-state index contributed by atoms with van der Waals surface area (Å²) in [7, 11) is 0. The van der Waals surface area contributed by atoms with Gasteiger partial charge in [0.25, 0.3) is 5.91 Å². The molecule has 0 fully saturated rings. The number of hydrogen-bond acceptors (Lipinski definition) is 3. The fourth-order valence-corrected chi connectivity index (χ4v) is 2.48. The average molecular weight is 297 g/mol. The minimum absolute atomic E-state index is 0.195. The molecule has 1 heterocycles. The smallest absolute Gasteiger partial charge is 0.409 e. The third-order valence-electron chi connectivity index (χ3n) is 3.32. The highest BCUT2D eigenvalue weighted by Crippen LogP contribution is 2.32. The minimum atomic E-state index is -0.465. The molecule has 5 nitrogen and oxygen atoms in total. The van der Waals surface area contributed by atoms with Gasteiger partial charge in [0, 0.05) is 19.6 Å². The Kier molecular flexibility index (Phi) is 4.49. The Balaban J connectivity index is 2.28. The molecule has 0 spiro atoms. The van der Waals surface area contributed by atoms with Crippen LogP contribution in [0.1, 0.15) is 29.8 Å². The highest BCUT2D eigenvalue weighted by Gasteiger charge is 2.24. The maximum absolute atomic E-state index is 11.9. The van der Waals surface area contributed by atoms with Gasteiger partial charge in [-0.25, -0.2) is 4.79 Å². The van der Waals surface area contributed by atoms with Crippen LogP contribution in [0.3, 0.4) is 0 Å². The standard InChI is InChI=1S/C14H17ClN2O3/c1-3-17(4-2)14(19)20-10-6-5-9-7-8-16-13(18)11(9)12(10)15/h5-6H,3-4,7-8H2,1-2H3,(H,16,18). The third-order valence-corrected chi connectivity index (χ3v) is 3.69. The van der Waals surface area contributed by atoms with Crippen molar-refractivity contribution in [3.63, 3.8) is 0 Å². The molecule has 20 heavy (non-hydrogen) atoms. The molecule has 0 aromatic heterocycles. The van der Waals surface area contributed by atoms with E-state index in [4.69, 9.17) is 16.3 Å². The van der Waals surface area contributed by atoms with E-state index in [1.807, 2.05) is 13.8 Å². The normalized spacial score (nSPS) is 13.4. The summed E-state index contributed by atoms with van der Waals surface area (Å²) >= 11 is 6.20. The summed E-state index contributed by atoms with van der Waals surface area (Å²) in [5.41, 5.74) is 1.28. The van der Waals surface area contributed by atoms with Crippen molar-refractivity contribution in [2.45, 2.75) is 20.3 Å². The number of ether oxygens (including phenoxy) is 1. The van der Waals surface area contributed by atoms with Crippen molar-refractivity contribution in [2.24, 2.45) is 0 Å². The molecule has 1 aromatic carbocycles. The van der Waals surface area contributed by atoms with Gasteiger partial charge < -0.3 is 15.0 Å². The molecule has 0 radical (unpaired) electrons. The summed E-state index contributed by atoms with van der Waals surface area (Å²) < 4.78 is 5.28. The highest BCUT2D eigenvalue weighted by molar-refractivity contribution is 6.35. The molecule has 108 valence electrons. The second-order valence-corrected chi connectivity index (χ2v) is 4.84. The van der Waals surface area contributed by atoms with Crippen molar-refractivity contribution in [3.05, 3.63) is 28.3 Å². The molecule has 1 aliphatic heterocycles. The van der Waals surface area contributed by atoms with Gasteiger partial charge in [-0.2, -0.15) is 0 Å². The molecule has 1 aliphatic rings. The zero-order chi connectivity index (χ0) is 14.7. The third kappa shape index (κ3) is 2.72. The number of hydrogen-bond donors (Lipinski definition) is 1. The van der Waals surface area contributed by atoms with E-state index in [1.54, 1.807) is 12.1 Å². The van der Waals surface area contributed by atoms with Gasteiger partial charge in [0.1, 0.15) is 0 Å². The van der Waals surface area contributed by atoms with E-state index >= 15 is 0 Å². The van der Waals surface area contributed by atoms with E-state index < -0.39 is 6.09 Å². The first-order valence-corrected chi connectivity index (χ1v) is 7.02. The number of carbonyl (C=O) groups excluding carboxylic acids is 2. The van der Waals surface area contributed by atoms with E-state index in [2.05, 4.69) is 5.32 Å². The molecular weight excluding hydrogens is 280 g/mol. The molecule has 0 aliphatic carbocycles. The number of carbonyl (C=O) groups is 2. The maximum atomic E-state index is 11.9. The first-order valence-electron chi connectivity index (χ1n) is 6.64. The Labute approximate surface area is 122 Å². The van der Waals surface area contributed by atoms with Crippen LogP contribution in [0.5, 0.6) is 5.75 Å². The van der Waals surface area contributed by atoms with Gasteiger partial charge in [0.05, 0.1) is 10.6 Å². The van der Waals surface area contributed by atoms with Crippen molar-refractivity contribution in [3.8, 4) is 5.75 Å². The van der Waals surface area contributed by atoms with Crippen LogP contribution in [-0.4, -0.2) is 36.5 Å². The number of fused-ring (bicyclic) bond motifs is 1. The van der Waals surface area contributed by atoms with Crippen LogP contribution >= 0.6 is 11.6 Å². The Bertz CT molecular complexity index is 541. The quantitative estimate of drug-likeness (QED) is 0.932. The van der Waals surface area contributed by atoms with Crippen LogP contribution in [0.15, 0.2) is 12.1 Å². The second kappa shape index (κ2) is 6.13. The van der Waals surface area contributed by atoms with Crippen molar-refractivity contribution < 1.29 is 14.3 Å². The molecule has 0 saturated carbocycles. The lowest BCUT2D eigenvalue weighted by Gasteiger charge is -2.21. The van der Waals surface area contributed by atoms with Crippen LogP contribution < -0.4 is 10.1 Å². The van der Waals surface area contributed by atoms with Crippen LogP contribution in [0.4, 0.5) is 4.79 Å². The predicted octanol–water partition coefficient (Wildman–Crippen LogP) is 2.47. The number of nitrogens with zero attached hydrogens (tertiary/aromatic N) is 1. The van der Waals surface area contributed by atoms with Gasteiger partial charge in [-0.05, 0) is 31.9 Å². The Morgan fingerprint density at radius 3 is 2.75 bits per heavy atom. The predicted molar refractivity (Wildman–Crippen MR) is 76.4 cm³/mol. The molecule has 0 bridgehead atoms. The molecule has 0 atom stereocenters. The minimum Gasteiger partial charge on any atom is -0.409 e. The maximum Gasteiger partial charge on any atom is 0.415 e. The lowest BCUT2D eigenvalue weighted by molar-refractivity contribution is 0.0945. The van der Waals surface area contributed by atoms with E-state index in [9.17, 15) is 9.59 Å². The fourth-order valence-electron chi connectivity index (χ4n) is 2.17. The number of amides is 2. The number of halogens is 1. The van der Waals surface area contributed by atoms with E-state index in [1.165, 1.54) is 4.90 Å². The largest absolute Gasteiger partial charge is 0.415 e. The van der Waals surface area contributed by atoms with Crippen molar-refractivity contribution in [1.82, 2.24) is 10.2 Å². The van der Waals surface area contributed by atoms with E-state index in [0.29, 0.717) is 25.2 Å². The SMILES string of the molecule is CCN(CC)C(=O)Oc1ccc2c(c1Cl)C(=O)NCC2.